The van der Waals surface area contributed by atoms with E-state index in [-0.39, 0.29) is 6.54 Å². The number of nitrogens with zero attached hydrogens (tertiary/aromatic N) is 2. The van der Waals surface area contributed by atoms with Gasteiger partial charge in [-0.05, 0) is 18.2 Å². The third-order valence-corrected chi connectivity index (χ3v) is 2.38. The van der Waals surface area contributed by atoms with Crippen LogP contribution in [0.15, 0.2) is 22.7 Å². The molecule has 0 radical (unpaired) electrons. The number of rotatable bonds is 3. The van der Waals surface area contributed by atoms with Crippen molar-refractivity contribution in [1.82, 2.24) is 0 Å². The number of carbonyl (C=O) groups is 1. The summed E-state index contributed by atoms with van der Waals surface area (Å²) in [5.74, 6) is -0.427. The van der Waals surface area contributed by atoms with Crippen molar-refractivity contribution in [3.63, 3.8) is 0 Å². The summed E-state index contributed by atoms with van der Waals surface area (Å²) in [5.41, 5.74) is 6.28. The van der Waals surface area contributed by atoms with Gasteiger partial charge < -0.3 is 10.6 Å². The SMILES string of the molecule is CN(CC(N)=O)c1ccc(Br)cc1C#N. The molecule has 0 aliphatic heterocycles. The van der Waals surface area contributed by atoms with Gasteiger partial charge in [0.05, 0.1) is 17.8 Å². The Morgan fingerprint density at radius 3 is 2.87 bits per heavy atom. The van der Waals surface area contributed by atoms with E-state index in [1.807, 2.05) is 6.07 Å². The number of amides is 1. The van der Waals surface area contributed by atoms with Crippen molar-refractivity contribution in [3.8, 4) is 6.07 Å². The first-order valence-electron chi connectivity index (χ1n) is 4.23. The molecule has 78 valence electrons. The summed E-state index contributed by atoms with van der Waals surface area (Å²) in [6.07, 6.45) is 0. The number of hydrogen-bond donors (Lipinski definition) is 1. The Morgan fingerprint density at radius 2 is 2.33 bits per heavy atom. The van der Waals surface area contributed by atoms with Gasteiger partial charge in [0.2, 0.25) is 5.91 Å². The van der Waals surface area contributed by atoms with Gasteiger partial charge in [-0.15, -0.1) is 0 Å². The van der Waals surface area contributed by atoms with Gasteiger partial charge in [0.1, 0.15) is 6.07 Å². The second-order valence-corrected chi connectivity index (χ2v) is 4.01. The summed E-state index contributed by atoms with van der Waals surface area (Å²) >= 11 is 3.28. The Hall–Kier alpha value is -1.54. The number of carbonyl (C=O) groups excluding carboxylic acids is 1. The third kappa shape index (κ3) is 2.96. The maximum Gasteiger partial charge on any atom is 0.236 e. The molecule has 2 N–H and O–H groups in total. The first-order chi connectivity index (χ1) is 7.04. The number of primary amides is 1. The van der Waals surface area contributed by atoms with Gasteiger partial charge in [0.25, 0.3) is 0 Å². The lowest BCUT2D eigenvalue weighted by Gasteiger charge is -2.18. The molecule has 4 nitrogen and oxygen atoms in total. The Bertz CT molecular complexity index is 425. The number of anilines is 1. The minimum Gasteiger partial charge on any atom is -0.368 e. The van der Waals surface area contributed by atoms with Crippen molar-refractivity contribution in [2.45, 2.75) is 0 Å². The summed E-state index contributed by atoms with van der Waals surface area (Å²) in [6, 6.07) is 7.35. The van der Waals surface area contributed by atoms with Crippen molar-refractivity contribution in [1.29, 1.82) is 5.26 Å². The number of halogens is 1. The zero-order valence-corrected chi connectivity index (χ0v) is 9.78. The van der Waals surface area contributed by atoms with E-state index in [0.29, 0.717) is 11.3 Å². The molecule has 0 heterocycles. The lowest BCUT2D eigenvalue weighted by molar-refractivity contribution is -0.116. The smallest absolute Gasteiger partial charge is 0.236 e. The molecule has 0 spiro atoms. The topological polar surface area (TPSA) is 70.1 Å². The minimum atomic E-state index is -0.427. The molecule has 0 atom stereocenters. The molecule has 1 aromatic rings. The fourth-order valence-corrected chi connectivity index (χ4v) is 1.61. The van der Waals surface area contributed by atoms with Crippen LogP contribution in [0.2, 0.25) is 0 Å². The van der Waals surface area contributed by atoms with Crippen LogP contribution >= 0.6 is 15.9 Å². The van der Waals surface area contributed by atoms with Crippen molar-refractivity contribution in [2.75, 3.05) is 18.5 Å². The summed E-state index contributed by atoms with van der Waals surface area (Å²) in [6.45, 7) is 0.0936. The van der Waals surface area contributed by atoms with E-state index in [1.165, 1.54) is 0 Å². The number of nitriles is 1. The number of likely N-dealkylation sites (N-methyl/N-ethyl adjacent to an activating group) is 1. The summed E-state index contributed by atoms with van der Waals surface area (Å²) < 4.78 is 0.829. The monoisotopic (exact) mass is 267 g/mol. The highest BCUT2D eigenvalue weighted by atomic mass is 79.9. The van der Waals surface area contributed by atoms with Crippen LogP contribution in [-0.4, -0.2) is 19.5 Å². The van der Waals surface area contributed by atoms with E-state index in [9.17, 15) is 4.79 Å². The van der Waals surface area contributed by atoms with Crippen LogP contribution in [0, 0.1) is 11.3 Å². The molecule has 0 aliphatic rings. The summed E-state index contributed by atoms with van der Waals surface area (Å²) in [7, 11) is 1.72. The maximum atomic E-state index is 10.7. The first-order valence-corrected chi connectivity index (χ1v) is 5.03. The normalized spacial score (nSPS) is 9.40. The number of hydrogen-bond acceptors (Lipinski definition) is 3. The van der Waals surface area contributed by atoms with Crippen molar-refractivity contribution in [2.24, 2.45) is 5.73 Å². The molecule has 0 aliphatic carbocycles. The molecule has 1 rings (SSSR count). The molecule has 15 heavy (non-hydrogen) atoms. The highest BCUT2D eigenvalue weighted by Gasteiger charge is 2.09. The van der Waals surface area contributed by atoms with E-state index in [0.717, 1.165) is 4.47 Å². The minimum absolute atomic E-state index is 0.0936. The van der Waals surface area contributed by atoms with E-state index < -0.39 is 5.91 Å². The quantitative estimate of drug-likeness (QED) is 0.896. The Morgan fingerprint density at radius 1 is 1.67 bits per heavy atom. The molecule has 0 fully saturated rings. The van der Waals surface area contributed by atoms with E-state index in [4.69, 9.17) is 11.0 Å². The molecule has 0 saturated carbocycles. The molecule has 1 aromatic carbocycles. The largest absolute Gasteiger partial charge is 0.368 e. The molecular weight excluding hydrogens is 258 g/mol. The molecule has 0 bridgehead atoms. The molecule has 1 amide bonds. The average Bonchev–Trinajstić information content (AvgIpc) is 2.16. The Kier molecular flexibility index (Phi) is 3.69. The number of benzene rings is 1. The lowest BCUT2D eigenvalue weighted by atomic mass is 10.2. The van der Waals surface area contributed by atoms with Gasteiger partial charge in [0.15, 0.2) is 0 Å². The van der Waals surface area contributed by atoms with Crippen LogP contribution in [-0.2, 0) is 4.79 Å². The van der Waals surface area contributed by atoms with Gasteiger partial charge in [0, 0.05) is 11.5 Å². The van der Waals surface area contributed by atoms with Crippen LogP contribution < -0.4 is 10.6 Å². The number of nitrogens with two attached hydrogens (primary N) is 1. The van der Waals surface area contributed by atoms with Gasteiger partial charge in [-0.1, -0.05) is 15.9 Å². The fraction of sp³-hybridized carbons (Fsp3) is 0.200. The standard InChI is InChI=1S/C10H10BrN3O/c1-14(6-10(13)15)9-3-2-8(11)4-7(9)5-12/h2-4H,6H2,1H3,(H2,13,15). The fourth-order valence-electron chi connectivity index (χ4n) is 1.25. The predicted molar refractivity (Wildman–Crippen MR) is 61.3 cm³/mol. The second-order valence-electron chi connectivity index (χ2n) is 3.10. The van der Waals surface area contributed by atoms with Gasteiger partial charge >= 0.3 is 0 Å². The first kappa shape index (κ1) is 11.5. The Labute approximate surface area is 96.4 Å². The van der Waals surface area contributed by atoms with Gasteiger partial charge in [-0.3, -0.25) is 4.79 Å². The van der Waals surface area contributed by atoms with Crippen molar-refractivity contribution in [3.05, 3.63) is 28.2 Å². The van der Waals surface area contributed by atoms with Crippen LogP contribution in [0.4, 0.5) is 5.69 Å². The summed E-state index contributed by atoms with van der Waals surface area (Å²) in [5, 5.41) is 8.91. The van der Waals surface area contributed by atoms with Crippen molar-refractivity contribution >= 4 is 27.5 Å². The highest BCUT2D eigenvalue weighted by molar-refractivity contribution is 9.10. The average molecular weight is 268 g/mol. The van der Waals surface area contributed by atoms with Crippen LogP contribution in [0.5, 0.6) is 0 Å². The van der Waals surface area contributed by atoms with E-state index in [1.54, 1.807) is 24.1 Å². The lowest BCUT2D eigenvalue weighted by Crippen LogP contribution is -2.30. The molecular formula is C10H10BrN3O. The molecule has 0 unspecified atom stereocenters. The predicted octanol–water partition coefficient (Wildman–Crippen LogP) is 1.24. The molecule has 5 heteroatoms. The zero-order valence-electron chi connectivity index (χ0n) is 8.20. The maximum absolute atomic E-state index is 10.7. The second kappa shape index (κ2) is 4.80. The van der Waals surface area contributed by atoms with Gasteiger partial charge in [-0.2, -0.15) is 5.26 Å². The van der Waals surface area contributed by atoms with Crippen LogP contribution in [0.1, 0.15) is 5.56 Å². The van der Waals surface area contributed by atoms with E-state index >= 15 is 0 Å². The van der Waals surface area contributed by atoms with Crippen LogP contribution in [0.3, 0.4) is 0 Å². The third-order valence-electron chi connectivity index (χ3n) is 1.88. The summed E-state index contributed by atoms with van der Waals surface area (Å²) in [4.78, 5) is 12.4. The molecule has 0 aromatic heterocycles. The Balaban J connectivity index is 3.04. The van der Waals surface area contributed by atoms with Gasteiger partial charge in [-0.25, -0.2) is 0 Å². The van der Waals surface area contributed by atoms with Crippen molar-refractivity contribution < 1.29 is 4.79 Å². The molecule has 0 saturated heterocycles. The highest BCUT2D eigenvalue weighted by Crippen LogP contribution is 2.22. The van der Waals surface area contributed by atoms with E-state index in [2.05, 4.69) is 22.0 Å². The van der Waals surface area contributed by atoms with Crippen LogP contribution in [0.25, 0.3) is 0 Å². The zero-order chi connectivity index (χ0) is 11.4.